The zero-order chi connectivity index (χ0) is 22.4. The van der Waals surface area contributed by atoms with Crippen LogP contribution in [0.3, 0.4) is 0 Å². The van der Waals surface area contributed by atoms with Crippen LogP contribution in [0.15, 0.2) is 65.8 Å². The van der Waals surface area contributed by atoms with Crippen molar-refractivity contribution in [1.29, 1.82) is 0 Å². The van der Waals surface area contributed by atoms with E-state index in [1.807, 2.05) is 36.5 Å². The van der Waals surface area contributed by atoms with E-state index in [-0.39, 0.29) is 15.5 Å². The predicted molar refractivity (Wildman–Crippen MR) is 121 cm³/mol. The highest BCUT2D eigenvalue weighted by atomic mass is 35.5. The van der Waals surface area contributed by atoms with Gasteiger partial charge in [0, 0.05) is 25.8 Å². The number of benzene rings is 2. The van der Waals surface area contributed by atoms with E-state index in [0.29, 0.717) is 26.1 Å². The van der Waals surface area contributed by atoms with Crippen molar-refractivity contribution in [2.45, 2.75) is 25.2 Å². The van der Waals surface area contributed by atoms with E-state index in [1.54, 1.807) is 24.7 Å². The minimum absolute atomic E-state index is 0.0508. The second kappa shape index (κ2) is 10.1. The molecule has 7 nitrogen and oxygen atoms in total. The van der Waals surface area contributed by atoms with Gasteiger partial charge in [-0.1, -0.05) is 43.6 Å². The number of para-hydroxylation sites is 1. The maximum atomic E-state index is 12.7. The van der Waals surface area contributed by atoms with Gasteiger partial charge in [-0.3, -0.25) is 4.79 Å². The maximum absolute atomic E-state index is 12.7. The van der Waals surface area contributed by atoms with Gasteiger partial charge in [-0.05, 0) is 42.3 Å². The molecule has 1 N–H and O–H groups in total. The predicted octanol–water partition coefficient (Wildman–Crippen LogP) is 3.53. The van der Waals surface area contributed by atoms with Gasteiger partial charge in [0.15, 0.2) is 0 Å². The summed E-state index contributed by atoms with van der Waals surface area (Å²) in [6.07, 6.45) is 4.24. The van der Waals surface area contributed by atoms with Crippen LogP contribution in [0.2, 0.25) is 5.02 Å². The van der Waals surface area contributed by atoms with Crippen LogP contribution in [0, 0.1) is 0 Å². The Morgan fingerprint density at radius 2 is 1.84 bits per heavy atom. The molecule has 0 saturated heterocycles. The molecule has 0 spiro atoms. The van der Waals surface area contributed by atoms with E-state index in [4.69, 9.17) is 11.6 Å². The Balaban J connectivity index is 1.67. The number of hydrogen-bond donors (Lipinski definition) is 1. The maximum Gasteiger partial charge on any atom is 0.252 e. The lowest BCUT2D eigenvalue weighted by atomic mass is 10.2. The van der Waals surface area contributed by atoms with Crippen LogP contribution in [-0.2, 0) is 16.4 Å². The number of nitrogens with one attached hydrogen (secondary N) is 1. The molecular formula is C22H25ClN4O3S. The molecule has 0 unspecified atom stereocenters. The SMILES string of the molecule is CCN(CC)S(=O)(=O)c1ccc(Cl)c(C(=O)NCCc2cnn(-c3ccccc3)c2)c1. The van der Waals surface area contributed by atoms with Crippen LogP contribution in [0.1, 0.15) is 29.8 Å². The third-order valence-electron chi connectivity index (χ3n) is 4.88. The molecule has 0 saturated carbocycles. The first kappa shape index (κ1) is 23.0. The molecule has 0 aliphatic rings. The second-order valence-corrected chi connectivity index (χ2v) is 9.21. The van der Waals surface area contributed by atoms with Crippen LogP contribution >= 0.6 is 11.6 Å². The monoisotopic (exact) mass is 460 g/mol. The zero-order valence-corrected chi connectivity index (χ0v) is 19.0. The van der Waals surface area contributed by atoms with Crippen LogP contribution in [0.5, 0.6) is 0 Å². The molecule has 1 heterocycles. The van der Waals surface area contributed by atoms with Crippen molar-refractivity contribution in [2.24, 2.45) is 0 Å². The summed E-state index contributed by atoms with van der Waals surface area (Å²) < 4.78 is 28.6. The van der Waals surface area contributed by atoms with Crippen LogP contribution < -0.4 is 5.32 Å². The molecule has 164 valence electrons. The van der Waals surface area contributed by atoms with Gasteiger partial charge in [0.1, 0.15) is 0 Å². The summed E-state index contributed by atoms with van der Waals surface area (Å²) in [4.78, 5) is 12.7. The molecule has 0 aliphatic carbocycles. The first-order valence-electron chi connectivity index (χ1n) is 10.0. The molecule has 9 heteroatoms. The molecule has 31 heavy (non-hydrogen) atoms. The van der Waals surface area contributed by atoms with Crippen molar-refractivity contribution >= 4 is 27.5 Å². The number of aromatic nitrogens is 2. The van der Waals surface area contributed by atoms with Gasteiger partial charge < -0.3 is 5.32 Å². The van der Waals surface area contributed by atoms with Gasteiger partial charge in [-0.25, -0.2) is 13.1 Å². The molecule has 0 bridgehead atoms. The topological polar surface area (TPSA) is 84.3 Å². The quantitative estimate of drug-likeness (QED) is 0.529. The number of nitrogens with zero attached hydrogens (tertiary/aromatic N) is 3. The van der Waals surface area contributed by atoms with Gasteiger partial charge in [-0.2, -0.15) is 9.40 Å². The van der Waals surface area contributed by atoms with E-state index in [9.17, 15) is 13.2 Å². The van der Waals surface area contributed by atoms with Crippen molar-refractivity contribution < 1.29 is 13.2 Å². The Hall–Kier alpha value is -2.68. The summed E-state index contributed by atoms with van der Waals surface area (Å²) in [5.74, 6) is -0.419. The Morgan fingerprint density at radius 1 is 1.13 bits per heavy atom. The molecule has 0 fully saturated rings. The van der Waals surface area contributed by atoms with Gasteiger partial charge in [0.05, 0.1) is 27.4 Å². The fourth-order valence-electron chi connectivity index (χ4n) is 3.18. The van der Waals surface area contributed by atoms with Gasteiger partial charge in [0.2, 0.25) is 10.0 Å². The highest BCUT2D eigenvalue weighted by Crippen LogP contribution is 2.23. The van der Waals surface area contributed by atoms with Crippen LogP contribution in [0.25, 0.3) is 5.69 Å². The smallest absolute Gasteiger partial charge is 0.252 e. The van der Waals surface area contributed by atoms with Crippen molar-refractivity contribution in [3.8, 4) is 5.69 Å². The standard InChI is InChI=1S/C22H25ClN4O3S/c1-3-26(4-2)31(29,30)19-10-11-21(23)20(14-19)22(28)24-13-12-17-15-25-27(16-17)18-8-6-5-7-9-18/h5-11,14-16H,3-4,12-13H2,1-2H3,(H,24,28). The summed E-state index contributed by atoms with van der Waals surface area (Å²) in [7, 11) is -3.68. The van der Waals surface area contributed by atoms with Crippen molar-refractivity contribution in [1.82, 2.24) is 19.4 Å². The Labute approximate surface area is 187 Å². The fourth-order valence-corrected chi connectivity index (χ4v) is 4.87. The molecule has 1 aromatic heterocycles. The molecule has 0 aliphatic heterocycles. The minimum Gasteiger partial charge on any atom is -0.352 e. The highest BCUT2D eigenvalue weighted by Gasteiger charge is 2.23. The van der Waals surface area contributed by atoms with Crippen molar-refractivity contribution in [2.75, 3.05) is 19.6 Å². The van der Waals surface area contributed by atoms with E-state index in [0.717, 1.165) is 11.3 Å². The number of carbonyl (C=O) groups is 1. The van der Waals surface area contributed by atoms with Crippen molar-refractivity contribution in [3.63, 3.8) is 0 Å². The molecule has 1 amide bonds. The zero-order valence-electron chi connectivity index (χ0n) is 17.5. The molecule has 2 aromatic carbocycles. The average molecular weight is 461 g/mol. The summed E-state index contributed by atoms with van der Waals surface area (Å²) >= 11 is 6.17. The highest BCUT2D eigenvalue weighted by molar-refractivity contribution is 7.89. The van der Waals surface area contributed by atoms with Crippen LogP contribution in [-0.4, -0.2) is 48.0 Å². The number of hydrogen-bond acceptors (Lipinski definition) is 4. The van der Waals surface area contributed by atoms with Gasteiger partial charge >= 0.3 is 0 Å². The van der Waals surface area contributed by atoms with E-state index in [1.165, 1.54) is 22.5 Å². The molecule has 3 aromatic rings. The minimum atomic E-state index is -3.68. The third-order valence-corrected chi connectivity index (χ3v) is 7.26. The van der Waals surface area contributed by atoms with Crippen LogP contribution in [0.4, 0.5) is 0 Å². The van der Waals surface area contributed by atoms with Gasteiger partial charge in [-0.15, -0.1) is 0 Å². The summed E-state index contributed by atoms with van der Waals surface area (Å²) in [6, 6.07) is 13.9. The Bertz CT molecular complexity index is 1140. The third kappa shape index (κ3) is 5.33. The lowest BCUT2D eigenvalue weighted by Gasteiger charge is -2.19. The Kier molecular flexibility index (Phi) is 7.48. The summed E-state index contributed by atoms with van der Waals surface area (Å²) in [6.45, 7) is 4.59. The van der Waals surface area contributed by atoms with E-state index >= 15 is 0 Å². The molecule has 3 rings (SSSR count). The number of rotatable bonds is 9. The number of amides is 1. The fraction of sp³-hybridized carbons (Fsp3) is 0.273. The molecular weight excluding hydrogens is 436 g/mol. The first-order chi connectivity index (χ1) is 14.9. The number of carbonyl (C=O) groups excluding carboxylic acids is 1. The molecule has 0 radical (unpaired) electrons. The first-order valence-corrected chi connectivity index (χ1v) is 11.9. The Morgan fingerprint density at radius 3 is 2.52 bits per heavy atom. The lowest BCUT2D eigenvalue weighted by molar-refractivity contribution is 0.0954. The summed E-state index contributed by atoms with van der Waals surface area (Å²) in [5.41, 5.74) is 2.05. The van der Waals surface area contributed by atoms with Crippen molar-refractivity contribution in [3.05, 3.63) is 77.1 Å². The van der Waals surface area contributed by atoms with Gasteiger partial charge in [0.25, 0.3) is 5.91 Å². The second-order valence-electron chi connectivity index (χ2n) is 6.87. The number of halogens is 1. The van der Waals surface area contributed by atoms with E-state index in [2.05, 4.69) is 10.4 Å². The largest absolute Gasteiger partial charge is 0.352 e. The average Bonchev–Trinajstić information content (AvgIpc) is 3.24. The summed E-state index contributed by atoms with van der Waals surface area (Å²) in [5, 5.41) is 7.35. The van der Waals surface area contributed by atoms with E-state index < -0.39 is 15.9 Å². The molecule has 0 atom stereocenters. The normalized spacial score (nSPS) is 11.6. The number of sulfonamides is 1. The lowest BCUT2D eigenvalue weighted by Crippen LogP contribution is -2.31.